The summed E-state index contributed by atoms with van der Waals surface area (Å²) in [5.41, 5.74) is 2.97. The average Bonchev–Trinajstić information content (AvgIpc) is 2.09. The van der Waals surface area contributed by atoms with Crippen LogP contribution in [0.3, 0.4) is 0 Å². The Morgan fingerprint density at radius 3 is 2.83 bits per heavy atom. The molecule has 68 valence electrons. The van der Waals surface area contributed by atoms with Gasteiger partial charge < -0.3 is 4.90 Å². The number of nitrogens with zero attached hydrogens (tertiary/aromatic N) is 1. The third-order valence-electron chi connectivity index (χ3n) is 2.12. The normalized spacial score (nSPS) is 20.7. The third kappa shape index (κ3) is 3.22. The maximum atomic E-state index is 5.05. The first-order chi connectivity index (χ1) is 5.83. The number of hydrogen-bond donors (Lipinski definition) is 1. The van der Waals surface area contributed by atoms with Gasteiger partial charge in [0.1, 0.15) is 6.61 Å². The monoisotopic (exact) mass is 168 g/mol. The van der Waals surface area contributed by atoms with Crippen LogP contribution in [0.4, 0.5) is 0 Å². The predicted molar refractivity (Wildman–Crippen MR) is 48.4 cm³/mol. The highest BCUT2D eigenvalue weighted by atomic mass is 16.6. The van der Waals surface area contributed by atoms with Gasteiger partial charge in [0.05, 0.1) is 0 Å². The Balaban J connectivity index is 2.06. The van der Waals surface area contributed by atoms with E-state index < -0.39 is 0 Å². The molecule has 3 heteroatoms. The summed E-state index contributed by atoms with van der Waals surface area (Å²) in [4.78, 5) is 7.37. The molecule has 0 spiro atoms. The summed E-state index contributed by atoms with van der Waals surface area (Å²) in [7, 11) is 2.14. The van der Waals surface area contributed by atoms with Crippen molar-refractivity contribution in [3.63, 3.8) is 0 Å². The molecule has 3 nitrogen and oxygen atoms in total. The van der Waals surface area contributed by atoms with E-state index >= 15 is 0 Å². The van der Waals surface area contributed by atoms with Crippen LogP contribution in [0.5, 0.6) is 0 Å². The third-order valence-corrected chi connectivity index (χ3v) is 2.12. The van der Waals surface area contributed by atoms with Crippen molar-refractivity contribution < 1.29 is 4.84 Å². The molecule has 0 saturated carbocycles. The second-order valence-corrected chi connectivity index (χ2v) is 3.19. The van der Waals surface area contributed by atoms with Gasteiger partial charge >= 0.3 is 0 Å². The highest BCUT2D eigenvalue weighted by Crippen LogP contribution is 2.07. The maximum absolute atomic E-state index is 5.05. The molecule has 1 rings (SSSR count). The molecule has 0 radical (unpaired) electrons. The van der Waals surface area contributed by atoms with E-state index in [2.05, 4.69) is 23.3 Å². The van der Waals surface area contributed by atoms with Crippen LogP contribution in [0, 0.1) is 12.3 Å². The molecule has 12 heavy (non-hydrogen) atoms. The SMILES string of the molecule is C#CCONC1CCN(C)CC1. The summed E-state index contributed by atoms with van der Waals surface area (Å²) >= 11 is 0. The molecule has 0 bridgehead atoms. The molecule has 1 aliphatic rings. The van der Waals surface area contributed by atoms with Crippen LogP contribution in [-0.2, 0) is 4.84 Å². The van der Waals surface area contributed by atoms with Crippen molar-refractivity contribution in [1.82, 2.24) is 10.4 Å². The Morgan fingerprint density at radius 1 is 1.58 bits per heavy atom. The molecule has 0 amide bonds. The fraction of sp³-hybridized carbons (Fsp3) is 0.778. The second kappa shape index (κ2) is 5.15. The van der Waals surface area contributed by atoms with Gasteiger partial charge in [0.15, 0.2) is 0 Å². The summed E-state index contributed by atoms with van der Waals surface area (Å²) in [6.45, 7) is 2.63. The molecule has 0 aliphatic carbocycles. The molecule has 0 aromatic rings. The minimum atomic E-state index is 0.354. The van der Waals surface area contributed by atoms with Crippen molar-refractivity contribution in [3.05, 3.63) is 0 Å². The van der Waals surface area contributed by atoms with Gasteiger partial charge in [0.2, 0.25) is 0 Å². The van der Waals surface area contributed by atoms with Crippen LogP contribution in [-0.4, -0.2) is 37.7 Å². The first-order valence-electron chi connectivity index (χ1n) is 4.32. The van der Waals surface area contributed by atoms with Crippen LogP contribution >= 0.6 is 0 Å². The van der Waals surface area contributed by atoms with Gasteiger partial charge in [-0.3, -0.25) is 4.84 Å². The number of terminal acetylenes is 1. The largest absolute Gasteiger partial charge is 0.306 e. The molecule has 0 atom stereocenters. The first-order valence-corrected chi connectivity index (χ1v) is 4.32. The summed E-state index contributed by atoms with van der Waals surface area (Å²) in [6.07, 6.45) is 7.32. The minimum absolute atomic E-state index is 0.354. The van der Waals surface area contributed by atoms with E-state index in [1.54, 1.807) is 0 Å². The highest BCUT2D eigenvalue weighted by molar-refractivity contribution is 4.82. The Kier molecular flexibility index (Phi) is 4.09. The lowest BCUT2D eigenvalue weighted by molar-refractivity contribution is 0.0205. The lowest BCUT2D eigenvalue weighted by Gasteiger charge is -2.28. The smallest absolute Gasteiger partial charge is 0.128 e. The lowest BCUT2D eigenvalue weighted by Crippen LogP contribution is -2.40. The maximum Gasteiger partial charge on any atom is 0.128 e. The molecule has 1 aliphatic heterocycles. The Labute approximate surface area is 74.0 Å². The van der Waals surface area contributed by atoms with E-state index in [9.17, 15) is 0 Å². The number of hydrogen-bond acceptors (Lipinski definition) is 3. The fourth-order valence-corrected chi connectivity index (χ4v) is 1.33. The van der Waals surface area contributed by atoms with Gasteiger partial charge in [0.25, 0.3) is 0 Å². The quantitative estimate of drug-likeness (QED) is 0.371. The average molecular weight is 168 g/mol. The van der Waals surface area contributed by atoms with Crippen LogP contribution in [0.1, 0.15) is 12.8 Å². The van der Waals surface area contributed by atoms with Crippen LogP contribution in [0.2, 0.25) is 0 Å². The highest BCUT2D eigenvalue weighted by Gasteiger charge is 2.15. The summed E-state index contributed by atoms with van der Waals surface area (Å²) in [6, 6.07) is 0.481. The van der Waals surface area contributed by atoms with Gasteiger partial charge in [-0.1, -0.05) is 5.92 Å². The van der Waals surface area contributed by atoms with Gasteiger partial charge in [-0.05, 0) is 33.0 Å². The molecule has 1 N–H and O–H groups in total. The fourth-order valence-electron chi connectivity index (χ4n) is 1.33. The number of hydroxylamine groups is 1. The lowest BCUT2D eigenvalue weighted by atomic mass is 10.1. The van der Waals surface area contributed by atoms with E-state index in [4.69, 9.17) is 11.3 Å². The van der Waals surface area contributed by atoms with Crippen molar-refractivity contribution >= 4 is 0 Å². The summed E-state index contributed by atoms with van der Waals surface area (Å²) in [5, 5.41) is 0. The van der Waals surface area contributed by atoms with Crippen molar-refractivity contribution in [2.75, 3.05) is 26.7 Å². The van der Waals surface area contributed by atoms with Gasteiger partial charge in [-0.2, -0.15) is 5.48 Å². The van der Waals surface area contributed by atoms with Crippen molar-refractivity contribution in [2.24, 2.45) is 0 Å². The zero-order valence-electron chi connectivity index (χ0n) is 7.55. The molecule has 0 unspecified atom stereocenters. The molecule has 1 fully saturated rings. The first kappa shape index (κ1) is 9.53. The van der Waals surface area contributed by atoms with Gasteiger partial charge in [-0.25, -0.2) is 0 Å². The van der Waals surface area contributed by atoms with E-state index in [0.717, 1.165) is 25.9 Å². The Hall–Kier alpha value is -0.560. The summed E-state index contributed by atoms with van der Waals surface area (Å²) in [5.74, 6) is 2.42. The second-order valence-electron chi connectivity index (χ2n) is 3.19. The van der Waals surface area contributed by atoms with Crippen molar-refractivity contribution in [1.29, 1.82) is 0 Å². The van der Waals surface area contributed by atoms with Gasteiger partial charge in [0, 0.05) is 6.04 Å². The summed E-state index contributed by atoms with van der Waals surface area (Å²) < 4.78 is 0. The zero-order valence-corrected chi connectivity index (χ0v) is 7.55. The minimum Gasteiger partial charge on any atom is -0.306 e. The standard InChI is InChI=1S/C9H16N2O/c1-3-8-12-10-9-4-6-11(2)7-5-9/h1,9-10H,4-8H2,2H3. The van der Waals surface area contributed by atoms with Crippen LogP contribution in [0.25, 0.3) is 0 Å². The molecule has 1 heterocycles. The topological polar surface area (TPSA) is 24.5 Å². The van der Waals surface area contributed by atoms with Crippen LogP contribution < -0.4 is 5.48 Å². The zero-order chi connectivity index (χ0) is 8.81. The van der Waals surface area contributed by atoms with E-state index in [0.29, 0.717) is 12.6 Å². The number of rotatable bonds is 3. The van der Waals surface area contributed by atoms with E-state index in [-0.39, 0.29) is 0 Å². The van der Waals surface area contributed by atoms with Crippen molar-refractivity contribution in [2.45, 2.75) is 18.9 Å². The molecule has 1 saturated heterocycles. The van der Waals surface area contributed by atoms with E-state index in [1.807, 2.05) is 0 Å². The van der Waals surface area contributed by atoms with Gasteiger partial charge in [-0.15, -0.1) is 6.42 Å². The van der Waals surface area contributed by atoms with Crippen molar-refractivity contribution in [3.8, 4) is 12.3 Å². The Morgan fingerprint density at radius 2 is 2.25 bits per heavy atom. The van der Waals surface area contributed by atoms with E-state index in [1.165, 1.54) is 0 Å². The molecule has 0 aromatic heterocycles. The number of nitrogens with one attached hydrogen (secondary N) is 1. The molecule has 0 aromatic carbocycles. The number of piperidine rings is 1. The van der Waals surface area contributed by atoms with Crippen LogP contribution in [0.15, 0.2) is 0 Å². The molecular formula is C9H16N2O. The Bertz CT molecular complexity index is 156. The molecular weight excluding hydrogens is 152 g/mol. The number of likely N-dealkylation sites (tertiary alicyclic amines) is 1. The predicted octanol–water partition coefficient (Wildman–Crippen LogP) is 0.235.